The quantitative estimate of drug-likeness (QED) is 0.871. The molecule has 4 rings (SSSR count). The first-order chi connectivity index (χ1) is 11.8. The first-order valence-electron chi connectivity index (χ1n) is 8.76. The Hall–Kier alpha value is -2.43. The molecular formula is C19H22N4O. The Morgan fingerprint density at radius 3 is 2.38 bits per heavy atom. The molecule has 1 atom stereocenters. The molecule has 0 N–H and O–H groups in total. The Balaban J connectivity index is 1.52. The van der Waals surface area contributed by atoms with Crippen molar-refractivity contribution in [3.05, 3.63) is 53.9 Å². The summed E-state index contributed by atoms with van der Waals surface area (Å²) in [5, 5.41) is 0. The van der Waals surface area contributed by atoms with Crippen molar-refractivity contribution in [3.63, 3.8) is 0 Å². The zero-order chi connectivity index (χ0) is 16.4. The number of nitrogens with zero attached hydrogens (tertiary/aromatic N) is 4. The van der Waals surface area contributed by atoms with Crippen LogP contribution in [0.1, 0.15) is 47.6 Å². The molecule has 1 aromatic carbocycles. The number of aromatic nitrogens is 2. The molecule has 1 aromatic heterocycles. The number of rotatable bonds is 3. The van der Waals surface area contributed by atoms with E-state index in [1.54, 1.807) is 12.4 Å². The third-order valence-corrected chi connectivity index (χ3v) is 4.97. The van der Waals surface area contributed by atoms with Crippen LogP contribution in [-0.2, 0) is 0 Å². The predicted molar refractivity (Wildman–Crippen MR) is 92.9 cm³/mol. The summed E-state index contributed by atoms with van der Waals surface area (Å²) in [4.78, 5) is 25.9. The minimum Gasteiger partial charge on any atom is -0.341 e. The number of hydrogen-bond donors (Lipinski definition) is 0. The summed E-state index contributed by atoms with van der Waals surface area (Å²) >= 11 is 0. The summed E-state index contributed by atoms with van der Waals surface area (Å²) in [6.45, 7) is 2.82. The lowest BCUT2D eigenvalue weighted by molar-refractivity contribution is 0.0735. The SMILES string of the molecule is O=C(c1cnc(N2CCCC2)nc1)N1CCC[C@H]1c1ccccc1. The minimum atomic E-state index is 0.0364. The molecule has 0 spiro atoms. The number of benzene rings is 1. The third-order valence-electron chi connectivity index (χ3n) is 4.97. The van der Waals surface area contributed by atoms with Gasteiger partial charge in [-0.15, -0.1) is 0 Å². The summed E-state index contributed by atoms with van der Waals surface area (Å²) in [6.07, 6.45) is 7.81. The van der Waals surface area contributed by atoms with Crippen LogP contribution in [-0.4, -0.2) is 40.4 Å². The highest BCUT2D eigenvalue weighted by Crippen LogP contribution is 2.32. The van der Waals surface area contributed by atoms with Crippen LogP contribution in [0.5, 0.6) is 0 Å². The molecule has 0 radical (unpaired) electrons. The predicted octanol–water partition coefficient (Wildman–Crippen LogP) is 3.05. The van der Waals surface area contributed by atoms with Crippen LogP contribution in [0.2, 0.25) is 0 Å². The zero-order valence-corrected chi connectivity index (χ0v) is 13.8. The maximum atomic E-state index is 12.9. The molecule has 5 heteroatoms. The zero-order valence-electron chi connectivity index (χ0n) is 13.8. The van der Waals surface area contributed by atoms with E-state index in [2.05, 4.69) is 27.0 Å². The Morgan fingerprint density at radius 2 is 1.67 bits per heavy atom. The first-order valence-corrected chi connectivity index (χ1v) is 8.76. The number of carbonyl (C=O) groups is 1. The third kappa shape index (κ3) is 2.86. The van der Waals surface area contributed by atoms with Gasteiger partial charge in [-0.2, -0.15) is 0 Å². The van der Waals surface area contributed by atoms with E-state index in [0.717, 1.165) is 38.4 Å². The molecule has 2 aliphatic heterocycles. The van der Waals surface area contributed by atoms with E-state index >= 15 is 0 Å². The fourth-order valence-corrected chi connectivity index (χ4v) is 3.71. The molecule has 2 aromatic rings. The van der Waals surface area contributed by atoms with Crippen LogP contribution < -0.4 is 4.90 Å². The first kappa shape index (κ1) is 15.1. The van der Waals surface area contributed by atoms with E-state index in [-0.39, 0.29) is 11.9 Å². The second-order valence-electron chi connectivity index (χ2n) is 6.53. The largest absolute Gasteiger partial charge is 0.341 e. The fraction of sp³-hybridized carbons (Fsp3) is 0.421. The lowest BCUT2D eigenvalue weighted by Crippen LogP contribution is -2.31. The number of amides is 1. The summed E-state index contributed by atoms with van der Waals surface area (Å²) in [6, 6.07) is 10.4. The van der Waals surface area contributed by atoms with Crippen molar-refractivity contribution in [1.82, 2.24) is 14.9 Å². The second kappa shape index (κ2) is 6.59. The van der Waals surface area contributed by atoms with Crippen LogP contribution >= 0.6 is 0 Å². The van der Waals surface area contributed by atoms with Gasteiger partial charge in [0.25, 0.3) is 5.91 Å². The molecule has 1 amide bonds. The minimum absolute atomic E-state index is 0.0364. The van der Waals surface area contributed by atoms with Gasteiger partial charge in [0, 0.05) is 32.0 Å². The molecule has 2 aliphatic rings. The van der Waals surface area contributed by atoms with Crippen LogP contribution in [0, 0.1) is 0 Å². The average molecular weight is 322 g/mol. The van der Waals surface area contributed by atoms with Crippen molar-refractivity contribution in [2.75, 3.05) is 24.5 Å². The molecule has 0 bridgehead atoms. The van der Waals surface area contributed by atoms with Crippen molar-refractivity contribution in [3.8, 4) is 0 Å². The van der Waals surface area contributed by atoms with Crippen molar-refractivity contribution < 1.29 is 4.79 Å². The van der Waals surface area contributed by atoms with Gasteiger partial charge in [-0.3, -0.25) is 4.79 Å². The van der Waals surface area contributed by atoms with E-state index in [1.807, 2.05) is 23.1 Å². The number of carbonyl (C=O) groups excluding carboxylic acids is 1. The van der Waals surface area contributed by atoms with Gasteiger partial charge in [-0.1, -0.05) is 30.3 Å². The smallest absolute Gasteiger partial charge is 0.257 e. The fourth-order valence-electron chi connectivity index (χ4n) is 3.71. The maximum Gasteiger partial charge on any atom is 0.257 e. The normalized spacial score (nSPS) is 20.6. The topological polar surface area (TPSA) is 49.3 Å². The Bertz CT molecular complexity index is 695. The lowest BCUT2D eigenvalue weighted by atomic mass is 10.0. The van der Waals surface area contributed by atoms with Crippen molar-refractivity contribution >= 4 is 11.9 Å². The highest BCUT2D eigenvalue weighted by molar-refractivity contribution is 5.94. The van der Waals surface area contributed by atoms with E-state index in [1.165, 1.54) is 18.4 Å². The molecule has 2 saturated heterocycles. The van der Waals surface area contributed by atoms with Gasteiger partial charge in [0.15, 0.2) is 0 Å². The molecule has 0 saturated carbocycles. The highest BCUT2D eigenvalue weighted by atomic mass is 16.2. The Labute approximate surface area is 142 Å². The summed E-state index contributed by atoms with van der Waals surface area (Å²) < 4.78 is 0. The molecule has 0 unspecified atom stereocenters. The van der Waals surface area contributed by atoms with Gasteiger partial charge < -0.3 is 9.80 Å². The monoisotopic (exact) mass is 322 g/mol. The number of likely N-dealkylation sites (tertiary alicyclic amines) is 1. The molecule has 0 aliphatic carbocycles. The Kier molecular flexibility index (Phi) is 4.15. The highest BCUT2D eigenvalue weighted by Gasteiger charge is 2.30. The molecule has 2 fully saturated rings. The van der Waals surface area contributed by atoms with Crippen molar-refractivity contribution in [2.45, 2.75) is 31.7 Å². The van der Waals surface area contributed by atoms with Gasteiger partial charge in [-0.25, -0.2) is 9.97 Å². The van der Waals surface area contributed by atoms with Crippen molar-refractivity contribution in [2.24, 2.45) is 0 Å². The number of hydrogen-bond acceptors (Lipinski definition) is 4. The van der Waals surface area contributed by atoms with Crippen LogP contribution in [0.25, 0.3) is 0 Å². The summed E-state index contributed by atoms with van der Waals surface area (Å²) in [7, 11) is 0. The molecule has 3 heterocycles. The van der Waals surface area contributed by atoms with Gasteiger partial charge in [0.05, 0.1) is 11.6 Å². The Morgan fingerprint density at radius 1 is 0.958 bits per heavy atom. The van der Waals surface area contributed by atoms with Gasteiger partial charge in [0.2, 0.25) is 5.95 Å². The molecular weight excluding hydrogens is 300 g/mol. The van der Waals surface area contributed by atoms with Crippen LogP contribution in [0.15, 0.2) is 42.7 Å². The standard InChI is InChI=1S/C19H22N4O/c24-18(16-13-20-19(21-14-16)22-10-4-5-11-22)23-12-6-9-17(23)15-7-2-1-3-8-15/h1-3,7-8,13-14,17H,4-6,9-12H2/t17-/m0/s1. The average Bonchev–Trinajstić information content (AvgIpc) is 3.34. The van der Waals surface area contributed by atoms with Crippen molar-refractivity contribution in [1.29, 1.82) is 0 Å². The second-order valence-corrected chi connectivity index (χ2v) is 6.53. The van der Waals surface area contributed by atoms with Crippen LogP contribution in [0.4, 0.5) is 5.95 Å². The lowest BCUT2D eigenvalue weighted by Gasteiger charge is -2.25. The molecule has 124 valence electrons. The molecule has 24 heavy (non-hydrogen) atoms. The van der Waals surface area contributed by atoms with Gasteiger partial charge in [-0.05, 0) is 31.2 Å². The summed E-state index contributed by atoms with van der Waals surface area (Å²) in [5.41, 5.74) is 1.79. The van der Waals surface area contributed by atoms with Gasteiger partial charge >= 0.3 is 0 Å². The van der Waals surface area contributed by atoms with Gasteiger partial charge in [0.1, 0.15) is 0 Å². The van der Waals surface area contributed by atoms with E-state index in [0.29, 0.717) is 5.56 Å². The van der Waals surface area contributed by atoms with E-state index < -0.39 is 0 Å². The maximum absolute atomic E-state index is 12.9. The van der Waals surface area contributed by atoms with Crippen LogP contribution in [0.3, 0.4) is 0 Å². The van der Waals surface area contributed by atoms with E-state index in [4.69, 9.17) is 0 Å². The summed E-state index contributed by atoms with van der Waals surface area (Å²) in [5.74, 6) is 0.777. The van der Waals surface area contributed by atoms with E-state index in [9.17, 15) is 4.79 Å². The molecule has 5 nitrogen and oxygen atoms in total. The number of anilines is 1.